The molecule has 5 heteroatoms. The molecule has 0 saturated carbocycles. The van der Waals surface area contributed by atoms with Crippen molar-refractivity contribution in [1.29, 1.82) is 0 Å². The van der Waals surface area contributed by atoms with Gasteiger partial charge in [-0.05, 0) is 0 Å². The Kier molecular flexibility index (Phi) is 2.37. The summed E-state index contributed by atoms with van der Waals surface area (Å²) in [6, 6.07) is 0. The number of rotatable bonds is 3. The molecule has 15 heavy (non-hydrogen) atoms. The number of hydrogen-bond acceptors (Lipinski definition) is 3. The quantitative estimate of drug-likeness (QED) is 0.574. The maximum absolute atomic E-state index is 11.2. The summed E-state index contributed by atoms with van der Waals surface area (Å²) in [6.07, 6.45) is 5.73. The first kappa shape index (κ1) is 9.64. The Labute approximate surface area is 86.6 Å². The molecule has 2 aliphatic rings. The van der Waals surface area contributed by atoms with E-state index in [9.17, 15) is 14.4 Å². The molecule has 0 radical (unpaired) electrons. The Bertz CT molecular complexity index is 366. The van der Waals surface area contributed by atoms with Gasteiger partial charge in [0.25, 0.3) is 11.8 Å². The highest BCUT2D eigenvalue weighted by Crippen LogP contribution is 2.05. The molecule has 2 heterocycles. The predicted molar refractivity (Wildman–Crippen MR) is 51.6 cm³/mol. The number of hydrogen-bond donors (Lipinski definition) is 0. The van der Waals surface area contributed by atoms with Crippen molar-refractivity contribution < 1.29 is 14.4 Å². The lowest BCUT2D eigenvalue weighted by molar-refractivity contribution is -0.138. The molecule has 0 bridgehead atoms. The van der Waals surface area contributed by atoms with Gasteiger partial charge in [0.15, 0.2) is 0 Å². The van der Waals surface area contributed by atoms with Crippen LogP contribution >= 0.6 is 0 Å². The molecular formula is C10H10N2O3. The van der Waals surface area contributed by atoms with Crippen LogP contribution in [0.3, 0.4) is 0 Å². The monoisotopic (exact) mass is 206 g/mol. The van der Waals surface area contributed by atoms with Crippen molar-refractivity contribution >= 4 is 17.7 Å². The van der Waals surface area contributed by atoms with Crippen LogP contribution < -0.4 is 0 Å². The fraction of sp³-hybridized carbons (Fsp3) is 0.300. The Morgan fingerprint density at radius 3 is 2.13 bits per heavy atom. The second-order valence-electron chi connectivity index (χ2n) is 3.35. The molecule has 0 fully saturated rings. The van der Waals surface area contributed by atoms with E-state index >= 15 is 0 Å². The highest BCUT2D eigenvalue weighted by molar-refractivity contribution is 6.12. The average Bonchev–Trinajstić information content (AvgIpc) is 2.73. The predicted octanol–water partition coefficient (Wildman–Crippen LogP) is -0.690. The van der Waals surface area contributed by atoms with Crippen molar-refractivity contribution in [3.63, 3.8) is 0 Å². The molecule has 0 unspecified atom stereocenters. The van der Waals surface area contributed by atoms with Gasteiger partial charge in [0.05, 0.1) is 0 Å². The van der Waals surface area contributed by atoms with Gasteiger partial charge >= 0.3 is 0 Å². The number of imide groups is 1. The smallest absolute Gasteiger partial charge is 0.253 e. The van der Waals surface area contributed by atoms with Gasteiger partial charge in [0, 0.05) is 37.9 Å². The molecule has 2 aliphatic heterocycles. The molecule has 0 aliphatic carbocycles. The van der Waals surface area contributed by atoms with Gasteiger partial charge in [0.2, 0.25) is 5.91 Å². The van der Waals surface area contributed by atoms with Crippen LogP contribution in [0.4, 0.5) is 0 Å². The first-order valence-electron chi connectivity index (χ1n) is 4.67. The number of nitrogens with zero attached hydrogens (tertiary/aromatic N) is 2. The Balaban J connectivity index is 1.86. The summed E-state index contributed by atoms with van der Waals surface area (Å²) in [6.45, 7) is 1.21. The minimum Gasteiger partial charge on any atom is -0.334 e. The van der Waals surface area contributed by atoms with Gasteiger partial charge in [0.1, 0.15) is 0 Å². The van der Waals surface area contributed by atoms with Crippen LogP contribution in [0, 0.1) is 0 Å². The molecule has 5 nitrogen and oxygen atoms in total. The number of carbonyl (C=O) groups is 3. The van der Waals surface area contributed by atoms with Crippen molar-refractivity contribution in [2.45, 2.75) is 0 Å². The molecule has 0 atom stereocenters. The molecule has 0 aromatic heterocycles. The fourth-order valence-electron chi connectivity index (χ4n) is 1.55. The van der Waals surface area contributed by atoms with Crippen molar-refractivity contribution in [2.24, 2.45) is 0 Å². The van der Waals surface area contributed by atoms with Crippen LogP contribution in [-0.4, -0.2) is 47.2 Å². The largest absolute Gasteiger partial charge is 0.334 e. The van der Waals surface area contributed by atoms with E-state index in [1.54, 1.807) is 11.0 Å². The molecule has 0 spiro atoms. The lowest BCUT2D eigenvalue weighted by Crippen LogP contribution is -2.39. The molecule has 78 valence electrons. The van der Waals surface area contributed by atoms with Gasteiger partial charge in [-0.2, -0.15) is 0 Å². The van der Waals surface area contributed by atoms with E-state index in [-0.39, 0.29) is 24.3 Å². The second-order valence-corrected chi connectivity index (χ2v) is 3.35. The topological polar surface area (TPSA) is 57.7 Å². The van der Waals surface area contributed by atoms with E-state index in [0.717, 1.165) is 4.90 Å². The third kappa shape index (κ3) is 1.81. The molecule has 2 rings (SSSR count). The van der Waals surface area contributed by atoms with Crippen molar-refractivity contribution in [2.75, 3.05) is 19.6 Å². The zero-order valence-corrected chi connectivity index (χ0v) is 8.05. The van der Waals surface area contributed by atoms with Crippen LogP contribution in [0.15, 0.2) is 24.3 Å². The minimum absolute atomic E-state index is 0.0675. The van der Waals surface area contributed by atoms with Crippen LogP contribution in [0.5, 0.6) is 0 Å². The van der Waals surface area contributed by atoms with Crippen molar-refractivity contribution in [3.8, 4) is 0 Å². The van der Waals surface area contributed by atoms with Crippen LogP contribution in [0.2, 0.25) is 0 Å². The maximum Gasteiger partial charge on any atom is 0.253 e. The van der Waals surface area contributed by atoms with Crippen LogP contribution in [0.1, 0.15) is 0 Å². The van der Waals surface area contributed by atoms with Gasteiger partial charge in [-0.3, -0.25) is 19.3 Å². The standard InChI is InChI=1S/C10H10N2O3/c13-8-2-1-5-11(8)6-7-12-9(14)3-4-10(12)15/h1-4H,5-7H2. The second kappa shape index (κ2) is 3.68. The van der Waals surface area contributed by atoms with Crippen LogP contribution in [-0.2, 0) is 14.4 Å². The van der Waals surface area contributed by atoms with E-state index < -0.39 is 0 Å². The summed E-state index contributed by atoms with van der Waals surface area (Å²) in [7, 11) is 0. The Morgan fingerprint density at radius 1 is 0.933 bits per heavy atom. The summed E-state index contributed by atoms with van der Waals surface area (Å²) < 4.78 is 0. The third-order valence-electron chi connectivity index (χ3n) is 2.39. The lowest BCUT2D eigenvalue weighted by Gasteiger charge is -2.19. The SMILES string of the molecule is O=C1C=CCN1CCN1C(=O)C=CC1=O. The summed E-state index contributed by atoms with van der Waals surface area (Å²) >= 11 is 0. The Hall–Kier alpha value is -1.91. The summed E-state index contributed by atoms with van der Waals surface area (Å²) in [5, 5.41) is 0. The average molecular weight is 206 g/mol. The molecular weight excluding hydrogens is 196 g/mol. The van der Waals surface area contributed by atoms with E-state index in [0.29, 0.717) is 13.1 Å². The third-order valence-corrected chi connectivity index (χ3v) is 2.39. The normalized spacial score (nSPS) is 19.9. The van der Waals surface area contributed by atoms with Crippen LogP contribution in [0.25, 0.3) is 0 Å². The van der Waals surface area contributed by atoms with E-state index in [4.69, 9.17) is 0 Å². The highest BCUT2D eigenvalue weighted by atomic mass is 16.2. The molecule has 3 amide bonds. The minimum atomic E-state index is -0.306. The fourth-order valence-corrected chi connectivity index (χ4v) is 1.55. The first-order valence-corrected chi connectivity index (χ1v) is 4.67. The van der Waals surface area contributed by atoms with E-state index in [1.165, 1.54) is 18.2 Å². The first-order chi connectivity index (χ1) is 7.18. The van der Waals surface area contributed by atoms with Crippen molar-refractivity contribution in [3.05, 3.63) is 24.3 Å². The highest BCUT2D eigenvalue weighted by Gasteiger charge is 2.24. The van der Waals surface area contributed by atoms with Gasteiger partial charge in [-0.1, -0.05) is 6.08 Å². The van der Waals surface area contributed by atoms with Gasteiger partial charge < -0.3 is 4.90 Å². The summed E-state index contributed by atoms with van der Waals surface area (Å²) in [4.78, 5) is 36.2. The van der Waals surface area contributed by atoms with Crippen molar-refractivity contribution in [1.82, 2.24) is 9.80 Å². The maximum atomic E-state index is 11.2. The number of amides is 3. The number of carbonyl (C=O) groups excluding carboxylic acids is 3. The lowest BCUT2D eigenvalue weighted by atomic mass is 10.4. The Morgan fingerprint density at radius 2 is 1.60 bits per heavy atom. The zero-order valence-electron chi connectivity index (χ0n) is 8.05. The molecule has 0 N–H and O–H groups in total. The zero-order chi connectivity index (χ0) is 10.8. The molecule has 0 saturated heterocycles. The summed E-state index contributed by atoms with van der Waals surface area (Å²) in [5.41, 5.74) is 0. The summed E-state index contributed by atoms with van der Waals surface area (Å²) in [5.74, 6) is -0.679. The molecule has 0 aromatic carbocycles. The molecule has 0 aromatic rings. The van der Waals surface area contributed by atoms with E-state index in [2.05, 4.69) is 0 Å². The van der Waals surface area contributed by atoms with Gasteiger partial charge in [-0.25, -0.2) is 0 Å². The van der Waals surface area contributed by atoms with Gasteiger partial charge in [-0.15, -0.1) is 0 Å². The van der Waals surface area contributed by atoms with E-state index in [1.807, 2.05) is 0 Å².